The summed E-state index contributed by atoms with van der Waals surface area (Å²) in [6.45, 7) is 11.1. The Bertz CT molecular complexity index is 409. The van der Waals surface area contributed by atoms with Crippen molar-refractivity contribution in [2.24, 2.45) is 0 Å². The summed E-state index contributed by atoms with van der Waals surface area (Å²) in [5, 5.41) is 3.41. The van der Waals surface area contributed by atoms with Crippen LogP contribution in [0.4, 0.5) is 0 Å². The molecule has 1 saturated heterocycles. The molecule has 0 amide bonds. The summed E-state index contributed by atoms with van der Waals surface area (Å²) in [5.41, 5.74) is 2.65. The minimum Gasteiger partial charge on any atom is -0.496 e. The molecule has 3 nitrogen and oxygen atoms in total. The van der Waals surface area contributed by atoms with Crippen LogP contribution in [-0.2, 0) is 5.54 Å². The van der Waals surface area contributed by atoms with E-state index in [2.05, 4.69) is 49.2 Å². The Kier molecular flexibility index (Phi) is 3.93. The SMILES string of the molecule is COc1ccc(C(C)(C)N2CCNCC2)cc1C. The molecule has 1 heterocycles. The molecule has 0 atom stereocenters. The third-order valence-electron chi connectivity index (χ3n) is 4.01. The number of ether oxygens (including phenoxy) is 1. The molecular formula is C15H24N2O. The summed E-state index contributed by atoms with van der Waals surface area (Å²) < 4.78 is 5.33. The zero-order valence-electron chi connectivity index (χ0n) is 11.9. The number of benzene rings is 1. The van der Waals surface area contributed by atoms with Crippen molar-refractivity contribution in [3.63, 3.8) is 0 Å². The molecule has 1 aromatic rings. The molecule has 0 bridgehead atoms. The largest absolute Gasteiger partial charge is 0.496 e. The monoisotopic (exact) mass is 248 g/mol. The highest BCUT2D eigenvalue weighted by Gasteiger charge is 2.29. The molecule has 0 aromatic heterocycles. The van der Waals surface area contributed by atoms with Crippen LogP contribution in [0.5, 0.6) is 5.75 Å². The van der Waals surface area contributed by atoms with Gasteiger partial charge in [0.25, 0.3) is 0 Å². The maximum absolute atomic E-state index is 5.33. The van der Waals surface area contributed by atoms with E-state index in [-0.39, 0.29) is 5.54 Å². The molecule has 0 saturated carbocycles. The molecule has 1 aliphatic rings. The van der Waals surface area contributed by atoms with E-state index in [4.69, 9.17) is 4.74 Å². The lowest BCUT2D eigenvalue weighted by Crippen LogP contribution is -2.51. The molecule has 100 valence electrons. The van der Waals surface area contributed by atoms with Gasteiger partial charge in [0.05, 0.1) is 7.11 Å². The van der Waals surface area contributed by atoms with Crippen LogP contribution in [0.1, 0.15) is 25.0 Å². The summed E-state index contributed by atoms with van der Waals surface area (Å²) in [6.07, 6.45) is 0. The predicted octanol–water partition coefficient (Wildman–Crippen LogP) is 2.14. The van der Waals surface area contributed by atoms with E-state index in [0.717, 1.165) is 31.9 Å². The number of methoxy groups -OCH3 is 1. The van der Waals surface area contributed by atoms with Crippen LogP contribution >= 0.6 is 0 Å². The number of nitrogens with zero attached hydrogens (tertiary/aromatic N) is 1. The maximum Gasteiger partial charge on any atom is 0.121 e. The van der Waals surface area contributed by atoms with Gasteiger partial charge in [-0.05, 0) is 38.0 Å². The fourth-order valence-corrected chi connectivity index (χ4v) is 2.67. The van der Waals surface area contributed by atoms with Crippen LogP contribution in [0.15, 0.2) is 18.2 Å². The second-order valence-electron chi connectivity index (χ2n) is 5.48. The molecule has 1 fully saturated rings. The van der Waals surface area contributed by atoms with Crippen LogP contribution in [0.3, 0.4) is 0 Å². The fourth-order valence-electron chi connectivity index (χ4n) is 2.67. The predicted molar refractivity (Wildman–Crippen MR) is 75.2 cm³/mol. The second-order valence-corrected chi connectivity index (χ2v) is 5.48. The molecule has 3 heteroatoms. The molecule has 0 spiro atoms. The Morgan fingerprint density at radius 1 is 1.22 bits per heavy atom. The van der Waals surface area contributed by atoms with Crippen molar-refractivity contribution in [3.05, 3.63) is 29.3 Å². The Morgan fingerprint density at radius 3 is 2.44 bits per heavy atom. The number of hydrogen-bond acceptors (Lipinski definition) is 3. The smallest absolute Gasteiger partial charge is 0.121 e. The van der Waals surface area contributed by atoms with Gasteiger partial charge < -0.3 is 10.1 Å². The average Bonchev–Trinajstić information content (AvgIpc) is 2.39. The first-order valence-corrected chi connectivity index (χ1v) is 6.66. The first kappa shape index (κ1) is 13.4. The van der Waals surface area contributed by atoms with Gasteiger partial charge in [-0.15, -0.1) is 0 Å². The molecule has 1 aromatic carbocycles. The van der Waals surface area contributed by atoms with Crippen molar-refractivity contribution in [1.82, 2.24) is 10.2 Å². The third-order valence-corrected chi connectivity index (χ3v) is 4.01. The first-order valence-electron chi connectivity index (χ1n) is 6.66. The molecule has 1 N–H and O–H groups in total. The van der Waals surface area contributed by atoms with E-state index in [1.165, 1.54) is 11.1 Å². The Morgan fingerprint density at radius 2 is 1.89 bits per heavy atom. The molecular weight excluding hydrogens is 224 g/mol. The minimum absolute atomic E-state index is 0.0825. The van der Waals surface area contributed by atoms with Crippen molar-refractivity contribution >= 4 is 0 Å². The standard InChI is InChI=1S/C15H24N2O/c1-12-11-13(5-6-14(12)18-4)15(2,3)17-9-7-16-8-10-17/h5-6,11,16H,7-10H2,1-4H3. The first-order chi connectivity index (χ1) is 8.55. The van der Waals surface area contributed by atoms with E-state index in [0.29, 0.717) is 0 Å². The van der Waals surface area contributed by atoms with Crippen LogP contribution in [-0.4, -0.2) is 38.2 Å². The van der Waals surface area contributed by atoms with E-state index < -0.39 is 0 Å². The van der Waals surface area contributed by atoms with Crippen molar-refractivity contribution < 1.29 is 4.74 Å². The number of piperazine rings is 1. The summed E-state index contributed by atoms with van der Waals surface area (Å²) >= 11 is 0. The van der Waals surface area contributed by atoms with Crippen molar-refractivity contribution in [2.75, 3.05) is 33.3 Å². The lowest BCUT2D eigenvalue weighted by Gasteiger charge is -2.41. The summed E-state index contributed by atoms with van der Waals surface area (Å²) in [4.78, 5) is 2.55. The van der Waals surface area contributed by atoms with Gasteiger partial charge in [0, 0.05) is 31.7 Å². The highest BCUT2D eigenvalue weighted by Crippen LogP contribution is 2.31. The average molecular weight is 248 g/mol. The summed E-state index contributed by atoms with van der Waals surface area (Å²) in [5.74, 6) is 0.967. The van der Waals surface area contributed by atoms with Gasteiger partial charge in [-0.25, -0.2) is 0 Å². The van der Waals surface area contributed by atoms with Crippen LogP contribution in [0.2, 0.25) is 0 Å². The summed E-state index contributed by atoms with van der Waals surface area (Å²) in [7, 11) is 1.73. The van der Waals surface area contributed by atoms with E-state index in [1.807, 2.05) is 0 Å². The van der Waals surface area contributed by atoms with Gasteiger partial charge in [-0.2, -0.15) is 0 Å². The Balaban J connectivity index is 2.25. The van der Waals surface area contributed by atoms with Crippen molar-refractivity contribution in [1.29, 1.82) is 0 Å². The lowest BCUT2D eigenvalue weighted by atomic mass is 9.90. The number of hydrogen-bond donors (Lipinski definition) is 1. The van der Waals surface area contributed by atoms with Gasteiger partial charge in [0.15, 0.2) is 0 Å². The number of nitrogens with one attached hydrogen (secondary N) is 1. The van der Waals surface area contributed by atoms with Gasteiger partial charge in [0.1, 0.15) is 5.75 Å². The van der Waals surface area contributed by atoms with E-state index >= 15 is 0 Å². The zero-order chi connectivity index (χ0) is 13.2. The van der Waals surface area contributed by atoms with Gasteiger partial charge in [0.2, 0.25) is 0 Å². The quantitative estimate of drug-likeness (QED) is 0.887. The second kappa shape index (κ2) is 5.29. The molecule has 1 aliphatic heterocycles. The van der Waals surface area contributed by atoms with Gasteiger partial charge in [-0.3, -0.25) is 4.90 Å². The maximum atomic E-state index is 5.33. The topological polar surface area (TPSA) is 24.5 Å². The van der Waals surface area contributed by atoms with Gasteiger partial charge >= 0.3 is 0 Å². The Hall–Kier alpha value is -1.06. The van der Waals surface area contributed by atoms with Crippen LogP contribution in [0.25, 0.3) is 0 Å². The fraction of sp³-hybridized carbons (Fsp3) is 0.600. The highest BCUT2D eigenvalue weighted by atomic mass is 16.5. The number of rotatable bonds is 3. The lowest BCUT2D eigenvalue weighted by molar-refractivity contribution is 0.102. The summed E-state index contributed by atoms with van der Waals surface area (Å²) in [6, 6.07) is 6.52. The van der Waals surface area contributed by atoms with Gasteiger partial charge in [-0.1, -0.05) is 12.1 Å². The zero-order valence-corrected chi connectivity index (χ0v) is 11.9. The van der Waals surface area contributed by atoms with E-state index in [9.17, 15) is 0 Å². The molecule has 18 heavy (non-hydrogen) atoms. The molecule has 0 aliphatic carbocycles. The third kappa shape index (κ3) is 2.52. The normalized spacial score (nSPS) is 17.8. The molecule has 0 radical (unpaired) electrons. The Labute approximate surface area is 110 Å². The highest BCUT2D eigenvalue weighted by molar-refractivity contribution is 5.38. The van der Waals surface area contributed by atoms with E-state index in [1.54, 1.807) is 7.11 Å². The molecule has 0 unspecified atom stereocenters. The van der Waals surface area contributed by atoms with Crippen LogP contribution in [0, 0.1) is 6.92 Å². The minimum atomic E-state index is 0.0825. The number of aryl methyl sites for hydroxylation is 1. The van der Waals surface area contributed by atoms with Crippen LogP contribution < -0.4 is 10.1 Å². The molecule has 2 rings (SSSR count). The van der Waals surface area contributed by atoms with Crippen molar-refractivity contribution in [2.45, 2.75) is 26.3 Å². The van der Waals surface area contributed by atoms with Crippen molar-refractivity contribution in [3.8, 4) is 5.75 Å².